The summed E-state index contributed by atoms with van der Waals surface area (Å²) in [6, 6.07) is 19.8. The number of hydrogen-bond donors (Lipinski definition) is 2. The molecule has 0 aliphatic heterocycles. The van der Waals surface area contributed by atoms with Crippen LogP contribution < -0.4 is 25.0 Å². The van der Waals surface area contributed by atoms with Crippen LogP contribution in [-0.2, 0) is 9.59 Å². The normalized spacial score (nSPS) is 10.4. The summed E-state index contributed by atoms with van der Waals surface area (Å²) in [7, 11) is 2.97. The van der Waals surface area contributed by atoms with E-state index in [0.717, 1.165) is 0 Å². The van der Waals surface area contributed by atoms with Gasteiger partial charge in [-0.25, -0.2) is 10.2 Å². The summed E-state index contributed by atoms with van der Waals surface area (Å²) in [5.41, 5.74) is 3.48. The molecule has 0 radical (unpaired) electrons. The third-order valence-electron chi connectivity index (χ3n) is 4.34. The highest BCUT2D eigenvalue weighted by molar-refractivity contribution is 6.39. The molecule has 0 saturated heterocycles. The predicted octanol–water partition coefficient (Wildman–Crippen LogP) is 3.01. The number of nitrogens with one attached hydrogen (secondary N) is 2. The molecule has 0 aliphatic carbocycles. The number of carbonyl (C=O) groups excluding carboxylic acids is 3. The van der Waals surface area contributed by atoms with E-state index in [1.54, 1.807) is 72.8 Å². The Labute approximate surface area is 190 Å². The molecule has 0 saturated carbocycles. The molecule has 168 valence electrons. The molecular formula is C24H21N3O6. The molecule has 0 spiro atoms. The number of para-hydroxylation sites is 2. The van der Waals surface area contributed by atoms with Crippen molar-refractivity contribution in [2.75, 3.05) is 19.5 Å². The SMILES string of the molecule is COc1cccc(C(=O)Oc2ccc(/C=N/NC(=O)C(=O)Nc3ccccc3OC)cc2)c1. The first-order chi connectivity index (χ1) is 16.0. The van der Waals surface area contributed by atoms with Crippen LogP contribution in [0.5, 0.6) is 17.2 Å². The molecule has 9 nitrogen and oxygen atoms in total. The summed E-state index contributed by atoms with van der Waals surface area (Å²) in [6.45, 7) is 0. The lowest BCUT2D eigenvalue weighted by Gasteiger charge is -2.08. The van der Waals surface area contributed by atoms with Gasteiger partial charge in [0.05, 0.1) is 31.7 Å². The van der Waals surface area contributed by atoms with E-state index < -0.39 is 17.8 Å². The van der Waals surface area contributed by atoms with E-state index in [1.807, 2.05) is 0 Å². The zero-order chi connectivity index (χ0) is 23.6. The number of hydrogen-bond acceptors (Lipinski definition) is 7. The Bertz CT molecular complexity index is 1170. The van der Waals surface area contributed by atoms with Gasteiger partial charge in [0.2, 0.25) is 0 Å². The Balaban J connectivity index is 1.52. The smallest absolute Gasteiger partial charge is 0.343 e. The maximum atomic E-state index is 12.3. The molecule has 0 fully saturated rings. The first-order valence-electron chi connectivity index (χ1n) is 9.74. The fraction of sp³-hybridized carbons (Fsp3) is 0.0833. The number of rotatable bonds is 7. The highest BCUT2D eigenvalue weighted by Crippen LogP contribution is 2.22. The third kappa shape index (κ3) is 6.41. The van der Waals surface area contributed by atoms with Gasteiger partial charge in [0.15, 0.2) is 0 Å². The van der Waals surface area contributed by atoms with Crippen molar-refractivity contribution in [3.05, 3.63) is 83.9 Å². The summed E-state index contributed by atoms with van der Waals surface area (Å²) < 4.78 is 15.6. The van der Waals surface area contributed by atoms with Crippen molar-refractivity contribution < 1.29 is 28.6 Å². The molecule has 0 unspecified atom stereocenters. The Hall–Kier alpha value is -4.66. The van der Waals surface area contributed by atoms with Crippen molar-refractivity contribution in [2.45, 2.75) is 0 Å². The molecule has 3 aromatic rings. The second-order valence-electron chi connectivity index (χ2n) is 6.54. The summed E-state index contributed by atoms with van der Waals surface area (Å²) >= 11 is 0. The number of ether oxygens (including phenoxy) is 3. The maximum Gasteiger partial charge on any atom is 0.343 e. The van der Waals surface area contributed by atoms with Gasteiger partial charge in [0.1, 0.15) is 17.2 Å². The summed E-state index contributed by atoms with van der Waals surface area (Å²) in [6.07, 6.45) is 1.35. The van der Waals surface area contributed by atoms with Gasteiger partial charge in [-0.15, -0.1) is 0 Å². The number of anilines is 1. The monoisotopic (exact) mass is 447 g/mol. The van der Waals surface area contributed by atoms with Gasteiger partial charge in [-0.2, -0.15) is 5.10 Å². The van der Waals surface area contributed by atoms with Crippen LogP contribution in [0.4, 0.5) is 5.69 Å². The standard InChI is InChI=1S/C24H21N3O6/c1-31-19-7-5-6-17(14-19)24(30)33-18-12-10-16(11-13-18)15-25-27-23(29)22(28)26-20-8-3-4-9-21(20)32-2/h3-15H,1-2H3,(H,26,28)(H,27,29)/b25-15+. The molecule has 0 heterocycles. The van der Waals surface area contributed by atoms with Crippen molar-refractivity contribution in [2.24, 2.45) is 5.10 Å². The fourth-order valence-electron chi connectivity index (χ4n) is 2.68. The van der Waals surface area contributed by atoms with Crippen molar-refractivity contribution in [1.82, 2.24) is 5.43 Å². The molecule has 0 bridgehead atoms. The van der Waals surface area contributed by atoms with E-state index in [4.69, 9.17) is 14.2 Å². The van der Waals surface area contributed by atoms with Gasteiger partial charge in [-0.05, 0) is 60.2 Å². The molecule has 3 rings (SSSR count). The van der Waals surface area contributed by atoms with Crippen molar-refractivity contribution >= 4 is 29.7 Å². The van der Waals surface area contributed by atoms with Crippen LogP contribution in [0, 0.1) is 0 Å². The summed E-state index contributed by atoms with van der Waals surface area (Å²) in [4.78, 5) is 36.2. The van der Waals surface area contributed by atoms with Gasteiger partial charge < -0.3 is 19.5 Å². The van der Waals surface area contributed by atoms with Gasteiger partial charge in [0, 0.05) is 0 Å². The fourth-order valence-corrected chi connectivity index (χ4v) is 2.68. The van der Waals surface area contributed by atoms with Crippen LogP contribution in [0.3, 0.4) is 0 Å². The lowest BCUT2D eigenvalue weighted by Crippen LogP contribution is -2.32. The lowest BCUT2D eigenvalue weighted by atomic mass is 10.2. The van der Waals surface area contributed by atoms with E-state index in [-0.39, 0.29) is 0 Å². The molecule has 2 amide bonds. The lowest BCUT2D eigenvalue weighted by molar-refractivity contribution is -0.136. The van der Waals surface area contributed by atoms with Crippen molar-refractivity contribution in [1.29, 1.82) is 0 Å². The molecular weight excluding hydrogens is 426 g/mol. The summed E-state index contributed by atoms with van der Waals surface area (Å²) in [5.74, 6) is -1.05. The van der Waals surface area contributed by atoms with Crippen molar-refractivity contribution in [3.63, 3.8) is 0 Å². The quantitative estimate of drug-likeness (QED) is 0.189. The number of carbonyl (C=O) groups is 3. The molecule has 33 heavy (non-hydrogen) atoms. The minimum atomic E-state index is -0.944. The zero-order valence-electron chi connectivity index (χ0n) is 17.9. The number of esters is 1. The van der Waals surface area contributed by atoms with Crippen molar-refractivity contribution in [3.8, 4) is 17.2 Å². The largest absolute Gasteiger partial charge is 0.497 e. The van der Waals surface area contributed by atoms with Crippen LogP contribution in [0.2, 0.25) is 0 Å². The van der Waals surface area contributed by atoms with Gasteiger partial charge in [-0.3, -0.25) is 9.59 Å². The molecule has 3 aromatic carbocycles. The highest BCUT2D eigenvalue weighted by Gasteiger charge is 2.15. The molecule has 9 heteroatoms. The van der Waals surface area contributed by atoms with Crippen LogP contribution in [-0.4, -0.2) is 38.2 Å². The van der Waals surface area contributed by atoms with Gasteiger partial charge >= 0.3 is 17.8 Å². The van der Waals surface area contributed by atoms with Gasteiger partial charge in [-0.1, -0.05) is 18.2 Å². The minimum Gasteiger partial charge on any atom is -0.497 e. The second-order valence-corrected chi connectivity index (χ2v) is 6.54. The first kappa shape index (κ1) is 23.0. The number of benzene rings is 3. The third-order valence-corrected chi connectivity index (χ3v) is 4.34. The van der Waals surface area contributed by atoms with Crippen LogP contribution in [0.15, 0.2) is 77.9 Å². The molecule has 0 aliphatic rings. The number of amides is 2. The van der Waals surface area contributed by atoms with E-state index in [0.29, 0.717) is 34.1 Å². The van der Waals surface area contributed by atoms with E-state index >= 15 is 0 Å². The Morgan fingerprint density at radius 1 is 0.818 bits per heavy atom. The molecule has 0 atom stereocenters. The van der Waals surface area contributed by atoms with Crippen LogP contribution >= 0.6 is 0 Å². The number of methoxy groups -OCH3 is 2. The molecule has 2 N–H and O–H groups in total. The molecule has 0 aromatic heterocycles. The van der Waals surface area contributed by atoms with Gasteiger partial charge in [0.25, 0.3) is 0 Å². The average molecular weight is 447 g/mol. The number of nitrogens with zero attached hydrogens (tertiary/aromatic N) is 1. The highest BCUT2D eigenvalue weighted by atomic mass is 16.5. The van der Waals surface area contributed by atoms with E-state index in [2.05, 4.69) is 15.8 Å². The van der Waals surface area contributed by atoms with E-state index in [1.165, 1.54) is 20.4 Å². The van der Waals surface area contributed by atoms with Crippen LogP contribution in [0.1, 0.15) is 15.9 Å². The van der Waals surface area contributed by atoms with Crippen LogP contribution in [0.25, 0.3) is 0 Å². The maximum absolute atomic E-state index is 12.3. The Morgan fingerprint density at radius 2 is 1.58 bits per heavy atom. The predicted molar refractivity (Wildman–Crippen MR) is 122 cm³/mol. The zero-order valence-corrected chi connectivity index (χ0v) is 17.9. The Kier molecular flexibility index (Phi) is 7.74. The summed E-state index contributed by atoms with van der Waals surface area (Å²) in [5, 5.41) is 6.22. The average Bonchev–Trinajstić information content (AvgIpc) is 2.85. The first-order valence-corrected chi connectivity index (χ1v) is 9.74. The number of hydrazone groups is 1. The Morgan fingerprint density at radius 3 is 2.30 bits per heavy atom. The van der Waals surface area contributed by atoms with E-state index in [9.17, 15) is 14.4 Å². The second kappa shape index (κ2) is 11.1. The minimum absolute atomic E-state index is 0.334. The topological polar surface area (TPSA) is 115 Å².